The number of benzene rings is 2. The van der Waals surface area contributed by atoms with Crippen LogP contribution in [-0.4, -0.2) is 17.1 Å². The van der Waals surface area contributed by atoms with E-state index in [9.17, 15) is 14.7 Å². The molecular weight excluding hydrogens is 256 g/mol. The summed E-state index contributed by atoms with van der Waals surface area (Å²) in [6.45, 7) is 0. The summed E-state index contributed by atoms with van der Waals surface area (Å²) in [6.07, 6.45) is -1.82. The molecule has 3 rings (SSSR count). The van der Waals surface area contributed by atoms with Crippen molar-refractivity contribution in [3.8, 4) is 0 Å². The van der Waals surface area contributed by atoms with Crippen molar-refractivity contribution in [3.05, 3.63) is 65.7 Å². The second kappa shape index (κ2) is 4.70. The first kappa shape index (κ1) is 12.2. The molecule has 0 radical (unpaired) electrons. The molecule has 100 valence electrons. The predicted octanol–water partition coefficient (Wildman–Crippen LogP) is 2.61. The monoisotopic (exact) mass is 268 g/mol. The number of carboxylic acid groups (broad SMARTS) is 1. The van der Waals surface area contributed by atoms with Crippen LogP contribution in [0.2, 0.25) is 0 Å². The summed E-state index contributed by atoms with van der Waals surface area (Å²) in [5.74, 6) is -0.271. The molecule has 2 aromatic rings. The molecule has 0 aromatic heterocycles. The molecule has 0 spiro atoms. The fourth-order valence-corrected chi connectivity index (χ4v) is 2.36. The lowest BCUT2D eigenvalue weighted by Gasteiger charge is -2.35. The number of anilines is 1. The van der Waals surface area contributed by atoms with Crippen LogP contribution in [-0.2, 0) is 0 Å². The van der Waals surface area contributed by atoms with E-state index in [2.05, 4.69) is 5.32 Å². The van der Waals surface area contributed by atoms with Gasteiger partial charge in [0.1, 0.15) is 6.17 Å². The molecule has 0 fully saturated rings. The van der Waals surface area contributed by atoms with Crippen molar-refractivity contribution >= 4 is 17.7 Å². The summed E-state index contributed by atoms with van der Waals surface area (Å²) in [5.41, 5.74) is 1.48. The van der Waals surface area contributed by atoms with E-state index >= 15 is 0 Å². The second-order valence-electron chi connectivity index (χ2n) is 4.46. The summed E-state index contributed by atoms with van der Waals surface area (Å²) >= 11 is 0. The average Bonchev–Trinajstić information content (AvgIpc) is 2.47. The zero-order valence-corrected chi connectivity index (χ0v) is 10.5. The number of rotatable bonds is 1. The molecule has 20 heavy (non-hydrogen) atoms. The number of nitrogens with one attached hydrogen (secondary N) is 1. The number of carbonyl (C=O) groups excluding carboxylic acids is 1. The first-order valence-corrected chi connectivity index (χ1v) is 6.15. The number of fused-ring (bicyclic) bond motifs is 1. The van der Waals surface area contributed by atoms with E-state index in [-0.39, 0.29) is 5.91 Å². The number of nitrogens with zero attached hydrogens (tertiary/aromatic N) is 1. The molecule has 0 saturated carbocycles. The van der Waals surface area contributed by atoms with Gasteiger partial charge in [-0.1, -0.05) is 42.5 Å². The van der Waals surface area contributed by atoms with Gasteiger partial charge in [0.05, 0.1) is 11.3 Å². The molecule has 1 atom stereocenters. The Morgan fingerprint density at radius 2 is 1.70 bits per heavy atom. The van der Waals surface area contributed by atoms with Gasteiger partial charge in [-0.3, -0.25) is 9.69 Å². The summed E-state index contributed by atoms with van der Waals surface area (Å²) in [6, 6.07) is 15.7. The quantitative estimate of drug-likeness (QED) is 0.835. The SMILES string of the molecule is O=C1NC(c2ccccc2)N(C(=O)O)c2ccccc21. The highest BCUT2D eigenvalue weighted by Gasteiger charge is 2.35. The van der Waals surface area contributed by atoms with Crippen LogP contribution in [0.15, 0.2) is 54.6 Å². The second-order valence-corrected chi connectivity index (χ2v) is 4.46. The Balaban J connectivity index is 2.14. The van der Waals surface area contributed by atoms with Crippen LogP contribution < -0.4 is 10.2 Å². The van der Waals surface area contributed by atoms with Gasteiger partial charge in [0.15, 0.2) is 0 Å². The zero-order valence-electron chi connectivity index (χ0n) is 10.5. The fourth-order valence-electron chi connectivity index (χ4n) is 2.36. The van der Waals surface area contributed by atoms with Gasteiger partial charge in [0, 0.05) is 0 Å². The highest BCUT2D eigenvalue weighted by molar-refractivity contribution is 6.06. The Kier molecular flexibility index (Phi) is 2.87. The van der Waals surface area contributed by atoms with Gasteiger partial charge in [-0.15, -0.1) is 0 Å². The molecule has 1 aliphatic rings. The smallest absolute Gasteiger partial charge is 0.413 e. The van der Waals surface area contributed by atoms with Crippen LogP contribution in [0, 0.1) is 0 Å². The van der Waals surface area contributed by atoms with Gasteiger partial charge in [0.25, 0.3) is 5.91 Å². The maximum Gasteiger partial charge on any atom is 0.413 e. The zero-order chi connectivity index (χ0) is 14.1. The Hall–Kier alpha value is -2.82. The summed E-state index contributed by atoms with van der Waals surface area (Å²) in [4.78, 5) is 24.9. The van der Waals surface area contributed by atoms with Crippen molar-refractivity contribution in [2.24, 2.45) is 0 Å². The third-order valence-corrected chi connectivity index (χ3v) is 3.26. The largest absolute Gasteiger partial charge is 0.465 e. The molecule has 2 aromatic carbocycles. The van der Waals surface area contributed by atoms with Gasteiger partial charge in [0.2, 0.25) is 0 Å². The predicted molar refractivity (Wildman–Crippen MR) is 73.6 cm³/mol. The van der Waals surface area contributed by atoms with E-state index < -0.39 is 12.3 Å². The van der Waals surface area contributed by atoms with E-state index in [0.29, 0.717) is 11.3 Å². The van der Waals surface area contributed by atoms with E-state index in [1.807, 2.05) is 18.2 Å². The summed E-state index contributed by atoms with van der Waals surface area (Å²) < 4.78 is 0. The van der Waals surface area contributed by atoms with Crippen molar-refractivity contribution in [2.45, 2.75) is 6.17 Å². The number of hydrogen-bond acceptors (Lipinski definition) is 2. The normalized spacial score (nSPS) is 17.3. The highest BCUT2D eigenvalue weighted by Crippen LogP contribution is 2.32. The van der Waals surface area contributed by atoms with Crippen molar-refractivity contribution in [1.82, 2.24) is 5.32 Å². The topological polar surface area (TPSA) is 69.6 Å². The first-order chi connectivity index (χ1) is 9.68. The molecule has 1 heterocycles. The minimum atomic E-state index is -1.11. The van der Waals surface area contributed by atoms with Crippen LogP contribution in [0.25, 0.3) is 0 Å². The van der Waals surface area contributed by atoms with Gasteiger partial charge >= 0.3 is 6.09 Å². The van der Waals surface area contributed by atoms with Crippen LogP contribution >= 0.6 is 0 Å². The van der Waals surface area contributed by atoms with Crippen LogP contribution in [0.3, 0.4) is 0 Å². The molecule has 2 amide bonds. The minimum Gasteiger partial charge on any atom is -0.465 e. The molecule has 5 heteroatoms. The lowest BCUT2D eigenvalue weighted by molar-refractivity contribution is 0.0926. The van der Waals surface area contributed by atoms with Gasteiger partial charge in [-0.2, -0.15) is 0 Å². The Labute approximate surface area is 115 Å². The van der Waals surface area contributed by atoms with E-state index in [4.69, 9.17) is 0 Å². The number of carbonyl (C=O) groups is 2. The molecule has 2 N–H and O–H groups in total. The fraction of sp³-hybridized carbons (Fsp3) is 0.0667. The number of amides is 2. The van der Waals surface area contributed by atoms with Crippen LogP contribution in [0.5, 0.6) is 0 Å². The van der Waals surface area contributed by atoms with Crippen LogP contribution in [0.1, 0.15) is 22.1 Å². The third-order valence-electron chi connectivity index (χ3n) is 3.26. The molecule has 1 unspecified atom stereocenters. The number of para-hydroxylation sites is 1. The lowest BCUT2D eigenvalue weighted by Crippen LogP contribution is -2.48. The summed E-state index contributed by atoms with van der Waals surface area (Å²) in [5, 5.41) is 12.2. The molecular formula is C15H12N2O3. The van der Waals surface area contributed by atoms with Crippen molar-refractivity contribution < 1.29 is 14.7 Å². The summed E-state index contributed by atoms with van der Waals surface area (Å²) in [7, 11) is 0. The highest BCUT2D eigenvalue weighted by atomic mass is 16.4. The van der Waals surface area contributed by atoms with E-state index in [1.165, 1.54) is 4.90 Å². The van der Waals surface area contributed by atoms with E-state index in [1.54, 1.807) is 36.4 Å². The number of hydrogen-bond donors (Lipinski definition) is 2. The molecule has 0 saturated heterocycles. The molecule has 5 nitrogen and oxygen atoms in total. The Bertz CT molecular complexity index is 670. The van der Waals surface area contributed by atoms with Gasteiger partial charge < -0.3 is 10.4 Å². The maximum absolute atomic E-state index is 12.1. The third kappa shape index (κ3) is 1.89. The van der Waals surface area contributed by atoms with Crippen molar-refractivity contribution in [3.63, 3.8) is 0 Å². The average molecular weight is 268 g/mol. The van der Waals surface area contributed by atoms with Gasteiger partial charge in [-0.25, -0.2) is 4.79 Å². The first-order valence-electron chi connectivity index (χ1n) is 6.15. The Morgan fingerprint density at radius 3 is 2.40 bits per heavy atom. The van der Waals surface area contributed by atoms with E-state index in [0.717, 1.165) is 5.56 Å². The molecule has 0 aliphatic carbocycles. The van der Waals surface area contributed by atoms with Gasteiger partial charge in [-0.05, 0) is 17.7 Å². The molecule has 1 aliphatic heterocycles. The van der Waals surface area contributed by atoms with Crippen molar-refractivity contribution in [1.29, 1.82) is 0 Å². The standard InChI is InChI=1S/C15H12N2O3/c18-14-11-8-4-5-9-12(11)17(15(19)20)13(16-14)10-6-2-1-3-7-10/h1-9,13H,(H,16,18)(H,19,20). The van der Waals surface area contributed by atoms with Crippen molar-refractivity contribution in [2.75, 3.05) is 4.90 Å². The lowest BCUT2D eigenvalue weighted by atomic mass is 10.0. The minimum absolute atomic E-state index is 0.271. The van der Waals surface area contributed by atoms with Crippen LogP contribution in [0.4, 0.5) is 10.5 Å². The molecule has 0 bridgehead atoms. The Morgan fingerprint density at radius 1 is 1.05 bits per heavy atom. The maximum atomic E-state index is 12.1.